The van der Waals surface area contributed by atoms with Crippen LogP contribution in [0.25, 0.3) is 16.8 Å². The van der Waals surface area contributed by atoms with E-state index in [9.17, 15) is 0 Å². The van der Waals surface area contributed by atoms with E-state index in [4.69, 9.17) is 0 Å². The Morgan fingerprint density at radius 3 is 1.92 bits per heavy atom. The Kier molecular flexibility index (Phi) is 6.06. The quantitative estimate of drug-likeness (QED) is 0.149. The number of hydrogen-bond acceptors (Lipinski definition) is 0. The standard InChI is InChI=1S/C30H23BF2I2N2/c1-18-14-26(21-10-6-4-7-11-21)36-29(18)28(23-16-24(34)20(3)25(35)17-23)30-19(2)15-27(37(30)31(36,32)33)22-12-8-5-9-13-22/h4-17H,1-3H3. The van der Waals surface area contributed by atoms with Crippen LogP contribution < -0.4 is 0 Å². The predicted octanol–water partition coefficient (Wildman–Crippen LogP) is 8.44. The van der Waals surface area contributed by atoms with Crippen LogP contribution in [0.5, 0.6) is 0 Å². The third-order valence-electron chi connectivity index (χ3n) is 7.26. The number of aryl methyl sites for hydroxylation is 1. The summed E-state index contributed by atoms with van der Waals surface area (Å²) in [5.41, 5.74) is 8.48. The second-order valence-corrected chi connectivity index (χ2v) is 11.9. The number of fused-ring (bicyclic) bond motifs is 2. The molecule has 0 saturated heterocycles. The molecule has 0 radical (unpaired) electrons. The first-order chi connectivity index (χ1) is 17.7. The van der Waals surface area contributed by atoms with Gasteiger partial charge in [-0.25, -0.2) is 0 Å². The summed E-state index contributed by atoms with van der Waals surface area (Å²) in [5.74, 6) is 0. The number of benzene rings is 3. The van der Waals surface area contributed by atoms with Crippen LogP contribution in [0.1, 0.15) is 34.9 Å². The number of hydrogen-bond donors (Lipinski definition) is 0. The SMILES string of the molecule is CC1=CC(c2ccccc2)=[N+]2C1=C(c1cc(I)c(C)c(I)c1)c1c(C)cc(-c3ccccc3)n1[B-]2(F)F. The van der Waals surface area contributed by atoms with E-state index in [0.717, 1.165) is 40.5 Å². The largest absolute Gasteiger partial charge is 0.737 e. The summed E-state index contributed by atoms with van der Waals surface area (Å²) >= 11 is 4.70. The third-order valence-corrected chi connectivity index (χ3v) is 9.50. The zero-order chi connectivity index (χ0) is 26.1. The molecule has 0 amide bonds. The summed E-state index contributed by atoms with van der Waals surface area (Å²) in [5, 5.41) is 0. The molecular weight excluding hydrogens is 691 g/mol. The van der Waals surface area contributed by atoms with Crippen molar-refractivity contribution in [2.45, 2.75) is 20.8 Å². The predicted molar refractivity (Wildman–Crippen MR) is 165 cm³/mol. The van der Waals surface area contributed by atoms with E-state index in [-0.39, 0.29) is 0 Å². The van der Waals surface area contributed by atoms with Crippen LogP contribution in [-0.4, -0.2) is 21.6 Å². The van der Waals surface area contributed by atoms with Gasteiger partial charge in [-0.05, 0) is 119 Å². The Morgan fingerprint density at radius 2 is 1.32 bits per heavy atom. The lowest BCUT2D eigenvalue weighted by Crippen LogP contribution is -2.51. The Labute approximate surface area is 242 Å². The summed E-state index contributed by atoms with van der Waals surface area (Å²) < 4.78 is 38.8. The fourth-order valence-corrected chi connectivity index (χ4v) is 7.31. The molecule has 0 atom stereocenters. The molecule has 0 fully saturated rings. The molecule has 1 aromatic heterocycles. The number of aromatic nitrogens is 1. The second kappa shape index (κ2) is 9.04. The van der Waals surface area contributed by atoms with Gasteiger partial charge in [0.05, 0.1) is 5.57 Å². The highest BCUT2D eigenvalue weighted by atomic mass is 127. The minimum atomic E-state index is -4.19. The summed E-state index contributed by atoms with van der Waals surface area (Å²) in [4.78, 5) is 0. The highest BCUT2D eigenvalue weighted by molar-refractivity contribution is 14.1. The van der Waals surface area contributed by atoms with E-state index < -0.39 is 6.97 Å². The van der Waals surface area contributed by atoms with E-state index in [1.54, 1.807) is 0 Å². The van der Waals surface area contributed by atoms with Crippen molar-refractivity contribution in [1.29, 1.82) is 0 Å². The van der Waals surface area contributed by atoms with E-state index in [2.05, 4.69) is 64.2 Å². The molecule has 2 nitrogen and oxygen atoms in total. The molecule has 0 saturated carbocycles. The first-order valence-electron chi connectivity index (χ1n) is 12.1. The van der Waals surface area contributed by atoms with Crippen LogP contribution in [-0.2, 0) is 0 Å². The monoisotopic (exact) mass is 714 g/mol. The van der Waals surface area contributed by atoms with Gasteiger partial charge < -0.3 is 17.6 Å². The molecule has 0 aliphatic carbocycles. The molecule has 4 aromatic rings. The van der Waals surface area contributed by atoms with E-state index in [0.29, 0.717) is 22.8 Å². The van der Waals surface area contributed by atoms with Crippen LogP contribution in [0.3, 0.4) is 0 Å². The fraction of sp³-hybridized carbons (Fsp3) is 0.100. The average Bonchev–Trinajstić information content (AvgIpc) is 3.43. The lowest BCUT2D eigenvalue weighted by molar-refractivity contribution is -0.362. The van der Waals surface area contributed by atoms with Crippen molar-refractivity contribution >= 4 is 63.4 Å². The molecule has 184 valence electrons. The lowest BCUT2D eigenvalue weighted by atomic mass is 9.83. The van der Waals surface area contributed by atoms with Crippen molar-refractivity contribution in [2.24, 2.45) is 0 Å². The van der Waals surface area contributed by atoms with E-state index >= 15 is 8.63 Å². The van der Waals surface area contributed by atoms with Crippen molar-refractivity contribution < 1.29 is 13.1 Å². The van der Waals surface area contributed by atoms with Gasteiger partial charge in [-0.15, -0.1) is 0 Å². The van der Waals surface area contributed by atoms with Gasteiger partial charge in [-0.1, -0.05) is 48.5 Å². The molecule has 0 bridgehead atoms. The maximum atomic E-state index is 17.0. The first-order valence-corrected chi connectivity index (χ1v) is 14.3. The Morgan fingerprint density at radius 1 is 0.757 bits per heavy atom. The van der Waals surface area contributed by atoms with Crippen molar-refractivity contribution in [2.75, 3.05) is 0 Å². The van der Waals surface area contributed by atoms with Crippen molar-refractivity contribution in [3.63, 3.8) is 0 Å². The zero-order valence-electron chi connectivity index (χ0n) is 20.6. The van der Waals surface area contributed by atoms with Gasteiger partial charge in [0, 0.05) is 35.7 Å². The molecule has 2 aliphatic rings. The third kappa shape index (κ3) is 3.80. The number of nitrogens with zero attached hydrogens (tertiary/aromatic N) is 2. The Hall–Kier alpha value is -2.53. The first kappa shape index (κ1) is 24.8. The normalized spacial score (nSPS) is 16.1. The van der Waals surface area contributed by atoms with Gasteiger partial charge in [-0.3, -0.25) is 0 Å². The summed E-state index contributed by atoms with van der Waals surface area (Å²) in [6.07, 6.45) is 1.91. The maximum absolute atomic E-state index is 17.0. The molecular formula is C30H23BF2I2N2. The summed E-state index contributed by atoms with van der Waals surface area (Å²) in [7, 11) is 0. The van der Waals surface area contributed by atoms with Crippen molar-refractivity contribution in [1.82, 2.24) is 4.48 Å². The molecule has 6 rings (SSSR count). The molecule has 3 aromatic carbocycles. The van der Waals surface area contributed by atoms with Crippen LogP contribution in [0.4, 0.5) is 8.63 Å². The molecule has 0 spiro atoms. The summed E-state index contributed by atoms with van der Waals surface area (Å²) in [6.45, 7) is 1.80. The van der Waals surface area contributed by atoms with Crippen molar-refractivity contribution in [3.8, 4) is 11.3 Å². The molecule has 3 heterocycles. The van der Waals surface area contributed by atoms with E-state index in [1.807, 2.05) is 86.7 Å². The van der Waals surface area contributed by atoms with Gasteiger partial charge in [0.25, 0.3) is 0 Å². The molecule has 37 heavy (non-hydrogen) atoms. The van der Waals surface area contributed by atoms with Crippen LogP contribution in [0.15, 0.2) is 96.2 Å². The molecule has 0 unspecified atom stereocenters. The van der Waals surface area contributed by atoms with Gasteiger partial charge in [0.15, 0.2) is 11.4 Å². The number of halogens is 4. The maximum Gasteiger partial charge on any atom is 0.737 e. The zero-order valence-corrected chi connectivity index (χ0v) is 24.9. The Balaban J connectivity index is 1.78. The van der Waals surface area contributed by atoms with Gasteiger partial charge in [-0.2, -0.15) is 0 Å². The van der Waals surface area contributed by atoms with Gasteiger partial charge >= 0.3 is 6.97 Å². The van der Waals surface area contributed by atoms with E-state index in [1.165, 1.54) is 14.5 Å². The Bertz CT molecular complexity index is 1660. The highest BCUT2D eigenvalue weighted by Crippen LogP contribution is 2.47. The highest BCUT2D eigenvalue weighted by Gasteiger charge is 2.56. The van der Waals surface area contributed by atoms with Crippen LogP contribution >= 0.6 is 45.2 Å². The van der Waals surface area contributed by atoms with Crippen molar-refractivity contribution in [3.05, 3.63) is 131 Å². The van der Waals surface area contributed by atoms with Gasteiger partial charge in [0.1, 0.15) is 0 Å². The molecule has 2 aliphatic heterocycles. The number of allylic oxidation sites excluding steroid dienone is 2. The minimum Gasteiger partial charge on any atom is -0.389 e. The smallest absolute Gasteiger partial charge is 0.389 e. The second-order valence-electron chi connectivity index (χ2n) is 9.62. The minimum absolute atomic E-state index is 0.531. The van der Waals surface area contributed by atoms with Gasteiger partial charge in [0.2, 0.25) is 0 Å². The average molecular weight is 714 g/mol. The fourth-order valence-electron chi connectivity index (χ4n) is 5.54. The van der Waals surface area contributed by atoms with Crippen LogP contribution in [0.2, 0.25) is 0 Å². The summed E-state index contributed by atoms with van der Waals surface area (Å²) in [6, 6.07) is 25.2. The molecule has 0 N–H and O–H groups in total. The number of rotatable bonds is 3. The molecule has 7 heteroatoms. The topological polar surface area (TPSA) is 7.94 Å². The lowest BCUT2D eigenvalue weighted by Gasteiger charge is -2.34. The van der Waals surface area contributed by atoms with Crippen LogP contribution in [0, 0.1) is 21.0 Å².